The quantitative estimate of drug-likeness (QED) is 0.142. The smallest absolute Gasteiger partial charge is 0.325 e. The van der Waals surface area contributed by atoms with E-state index in [1.165, 1.54) is 6.92 Å². The molecule has 0 fully saturated rings. The molecule has 5 amide bonds. The molecular weight excluding hydrogens is 392 g/mol. The third kappa shape index (κ3) is 10.0. The second-order valence-corrected chi connectivity index (χ2v) is 6.16. The van der Waals surface area contributed by atoms with E-state index in [1.807, 2.05) is 5.32 Å². The van der Waals surface area contributed by atoms with Gasteiger partial charge in [0.05, 0.1) is 19.1 Å². The van der Waals surface area contributed by atoms with Gasteiger partial charge >= 0.3 is 5.97 Å². The molecule has 0 bridgehead atoms. The van der Waals surface area contributed by atoms with Crippen LogP contribution in [0.2, 0.25) is 0 Å². The molecule has 14 nitrogen and oxygen atoms in total. The fourth-order valence-corrected chi connectivity index (χ4v) is 1.96. The predicted octanol–water partition coefficient (Wildman–Crippen LogP) is -4.99. The van der Waals surface area contributed by atoms with Crippen molar-refractivity contribution in [2.24, 2.45) is 17.2 Å². The summed E-state index contributed by atoms with van der Waals surface area (Å²) in [5, 5.41) is 24.4. The number of carboxylic acids is 1. The lowest BCUT2D eigenvalue weighted by Gasteiger charge is -2.23. The molecule has 0 aliphatic heterocycles. The van der Waals surface area contributed by atoms with Crippen LogP contribution >= 0.6 is 0 Å². The van der Waals surface area contributed by atoms with E-state index in [2.05, 4.69) is 10.6 Å². The van der Waals surface area contributed by atoms with Gasteiger partial charge in [0.1, 0.15) is 18.1 Å². The van der Waals surface area contributed by atoms with Gasteiger partial charge in [0.15, 0.2) is 0 Å². The number of hydrogen-bond donors (Lipinski definition) is 8. The summed E-state index contributed by atoms with van der Waals surface area (Å²) in [4.78, 5) is 69.1. The van der Waals surface area contributed by atoms with Gasteiger partial charge in [-0.3, -0.25) is 28.8 Å². The Hall–Kier alpha value is -3.26. The summed E-state index contributed by atoms with van der Waals surface area (Å²) in [6.07, 6.45) is -0.942. The molecular formula is C15H26N6O8. The first-order chi connectivity index (χ1) is 13.4. The highest BCUT2D eigenvalue weighted by Gasteiger charge is 2.30. The highest BCUT2D eigenvalue weighted by molar-refractivity contribution is 5.96. The summed E-state index contributed by atoms with van der Waals surface area (Å²) in [5.41, 5.74) is 15.6. The lowest BCUT2D eigenvalue weighted by Crippen LogP contribution is -2.58. The minimum atomic E-state index is -1.56. The average molecular weight is 418 g/mol. The zero-order valence-electron chi connectivity index (χ0n) is 15.7. The number of nitrogens with two attached hydrogens (primary N) is 3. The Kier molecular flexibility index (Phi) is 10.9. The van der Waals surface area contributed by atoms with Crippen LogP contribution in [-0.4, -0.2) is 76.5 Å². The van der Waals surface area contributed by atoms with Crippen LogP contribution in [0.1, 0.15) is 26.2 Å². The molecule has 29 heavy (non-hydrogen) atoms. The van der Waals surface area contributed by atoms with Crippen molar-refractivity contribution in [1.29, 1.82) is 0 Å². The summed E-state index contributed by atoms with van der Waals surface area (Å²) < 4.78 is 0. The van der Waals surface area contributed by atoms with Crippen molar-refractivity contribution in [2.75, 3.05) is 6.61 Å². The highest BCUT2D eigenvalue weighted by Crippen LogP contribution is 1.99. The topological polar surface area (TPSA) is 257 Å². The molecule has 4 unspecified atom stereocenters. The van der Waals surface area contributed by atoms with Gasteiger partial charge in [0.25, 0.3) is 0 Å². The zero-order chi connectivity index (χ0) is 22.7. The molecule has 14 heteroatoms. The Morgan fingerprint density at radius 3 is 1.83 bits per heavy atom. The van der Waals surface area contributed by atoms with Gasteiger partial charge in [-0.1, -0.05) is 0 Å². The van der Waals surface area contributed by atoms with Crippen LogP contribution < -0.4 is 33.2 Å². The number of carbonyl (C=O) groups is 6. The number of amides is 5. The van der Waals surface area contributed by atoms with E-state index in [1.54, 1.807) is 0 Å². The number of carboxylic acid groups (broad SMARTS) is 1. The Balaban J connectivity index is 5.10. The maximum absolute atomic E-state index is 12.3. The third-order valence-electron chi connectivity index (χ3n) is 3.62. The van der Waals surface area contributed by atoms with Crippen LogP contribution in [0.25, 0.3) is 0 Å². The number of rotatable bonds is 13. The molecule has 0 radical (unpaired) electrons. The summed E-state index contributed by atoms with van der Waals surface area (Å²) in [6, 6.07) is -5.59. The van der Waals surface area contributed by atoms with Gasteiger partial charge in [-0.2, -0.15) is 0 Å². The lowest BCUT2D eigenvalue weighted by atomic mass is 10.1. The number of hydrogen-bond acceptors (Lipinski definition) is 8. The largest absolute Gasteiger partial charge is 0.480 e. The standard InChI is InChI=1S/C15H26N6O8/c1-6(15(28)29)19-14(27)9(5-22)21-13(26)8(4-11(18)24)20-12(25)7(16)2-3-10(17)23/h6-9,22H,2-5,16H2,1H3,(H2,17,23)(H2,18,24)(H,19,27)(H,20,25)(H,21,26)(H,28,29). The van der Waals surface area contributed by atoms with Crippen LogP contribution in [0.3, 0.4) is 0 Å². The van der Waals surface area contributed by atoms with Gasteiger partial charge in [-0.25, -0.2) is 0 Å². The Labute approximate surface area is 165 Å². The molecule has 0 aliphatic rings. The minimum absolute atomic E-state index is 0.110. The summed E-state index contributed by atoms with van der Waals surface area (Å²) >= 11 is 0. The van der Waals surface area contributed by atoms with Gasteiger partial charge < -0.3 is 43.4 Å². The minimum Gasteiger partial charge on any atom is -0.480 e. The van der Waals surface area contributed by atoms with Gasteiger partial charge in [0.2, 0.25) is 29.5 Å². The first-order valence-corrected chi connectivity index (χ1v) is 8.46. The van der Waals surface area contributed by atoms with E-state index < -0.39 is 72.7 Å². The number of aliphatic carboxylic acids is 1. The van der Waals surface area contributed by atoms with Gasteiger partial charge in [-0.05, 0) is 13.3 Å². The highest BCUT2D eigenvalue weighted by atomic mass is 16.4. The Bertz CT molecular complexity index is 655. The van der Waals surface area contributed by atoms with E-state index in [0.29, 0.717) is 0 Å². The molecule has 164 valence electrons. The molecule has 0 saturated carbocycles. The van der Waals surface area contributed by atoms with Crippen LogP contribution in [-0.2, 0) is 28.8 Å². The van der Waals surface area contributed by atoms with Crippen molar-refractivity contribution in [1.82, 2.24) is 16.0 Å². The van der Waals surface area contributed by atoms with Crippen molar-refractivity contribution in [3.05, 3.63) is 0 Å². The fourth-order valence-electron chi connectivity index (χ4n) is 1.96. The molecule has 0 aromatic heterocycles. The van der Waals surface area contributed by atoms with Gasteiger partial charge in [-0.15, -0.1) is 0 Å². The van der Waals surface area contributed by atoms with Crippen molar-refractivity contribution in [3.8, 4) is 0 Å². The van der Waals surface area contributed by atoms with Crippen molar-refractivity contribution < 1.29 is 39.0 Å². The lowest BCUT2D eigenvalue weighted by molar-refractivity contribution is -0.142. The number of nitrogens with one attached hydrogen (secondary N) is 3. The SMILES string of the molecule is CC(NC(=O)C(CO)NC(=O)C(CC(N)=O)NC(=O)C(N)CCC(N)=O)C(=O)O. The predicted molar refractivity (Wildman–Crippen MR) is 96.4 cm³/mol. The maximum atomic E-state index is 12.3. The third-order valence-corrected chi connectivity index (χ3v) is 3.62. The van der Waals surface area contributed by atoms with Crippen LogP contribution in [0, 0.1) is 0 Å². The van der Waals surface area contributed by atoms with Crippen LogP contribution in [0.15, 0.2) is 0 Å². The Morgan fingerprint density at radius 1 is 0.862 bits per heavy atom. The van der Waals surface area contributed by atoms with E-state index in [-0.39, 0.29) is 12.8 Å². The van der Waals surface area contributed by atoms with Gasteiger partial charge in [0, 0.05) is 6.42 Å². The first kappa shape index (κ1) is 25.7. The summed E-state index contributed by atoms with van der Waals surface area (Å²) in [6.45, 7) is 0.277. The van der Waals surface area contributed by atoms with Crippen LogP contribution in [0.5, 0.6) is 0 Å². The molecule has 0 rings (SSSR count). The maximum Gasteiger partial charge on any atom is 0.325 e. The number of primary amides is 2. The number of aliphatic hydroxyl groups excluding tert-OH is 1. The Morgan fingerprint density at radius 2 is 1.38 bits per heavy atom. The average Bonchev–Trinajstić information content (AvgIpc) is 2.62. The van der Waals surface area contributed by atoms with Crippen LogP contribution in [0.4, 0.5) is 0 Å². The van der Waals surface area contributed by atoms with E-state index >= 15 is 0 Å². The molecule has 0 saturated heterocycles. The normalized spacial score (nSPS) is 14.6. The first-order valence-electron chi connectivity index (χ1n) is 8.46. The fraction of sp³-hybridized carbons (Fsp3) is 0.600. The molecule has 0 aromatic rings. The van der Waals surface area contributed by atoms with Crippen molar-refractivity contribution >= 4 is 35.5 Å². The van der Waals surface area contributed by atoms with Crippen molar-refractivity contribution in [2.45, 2.75) is 50.4 Å². The second kappa shape index (κ2) is 12.2. The van der Waals surface area contributed by atoms with E-state index in [9.17, 15) is 33.9 Å². The zero-order valence-corrected chi connectivity index (χ0v) is 15.7. The number of carbonyl (C=O) groups excluding carboxylic acids is 5. The molecule has 4 atom stereocenters. The molecule has 0 heterocycles. The molecule has 0 spiro atoms. The second-order valence-electron chi connectivity index (χ2n) is 6.16. The molecule has 11 N–H and O–H groups in total. The van der Waals surface area contributed by atoms with E-state index in [0.717, 1.165) is 0 Å². The molecule has 0 aromatic carbocycles. The van der Waals surface area contributed by atoms with E-state index in [4.69, 9.17) is 22.3 Å². The summed E-state index contributed by atoms with van der Waals surface area (Å²) in [7, 11) is 0. The molecule has 0 aliphatic carbocycles. The monoisotopic (exact) mass is 418 g/mol. The van der Waals surface area contributed by atoms with Crippen molar-refractivity contribution in [3.63, 3.8) is 0 Å². The number of aliphatic hydroxyl groups is 1. The summed E-state index contributed by atoms with van der Waals surface area (Å²) in [5.74, 6) is -5.91.